The first-order chi connectivity index (χ1) is 10.4. The van der Waals surface area contributed by atoms with E-state index in [1.54, 1.807) is 6.92 Å². The number of carbonyl (C=O) groups is 1. The zero-order valence-electron chi connectivity index (χ0n) is 14.6. The van der Waals surface area contributed by atoms with Crippen LogP contribution in [0.4, 0.5) is 0 Å². The number of thiol groups is 1. The Morgan fingerprint density at radius 1 is 1.05 bits per heavy atom. The van der Waals surface area contributed by atoms with Gasteiger partial charge in [0.15, 0.2) is 0 Å². The summed E-state index contributed by atoms with van der Waals surface area (Å²) in [5.74, 6) is -0.507. The fraction of sp³-hybridized carbons (Fsp3) is 0.833. The summed E-state index contributed by atoms with van der Waals surface area (Å²) < 4.78 is 4.76. The summed E-state index contributed by atoms with van der Waals surface area (Å²) in [6.45, 7) is 5.28. The van der Waals surface area contributed by atoms with Crippen LogP contribution in [0.3, 0.4) is 0 Å². The molecule has 1 unspecified atom stereocenters. The van der Waals surface area contributed by atoms with Gasteiger partial charge in [-0.25, -0.2) is 4.79 Å². The minimum absolute atomic E-state index is 0.507. The van der Waals surface area contributed by atoms with Crippen LogP contribution in [0.5, 0.6) is 0 Å². The average molecular weight is 331 g/mol. The van der Waals surface area contributed by atoms with Crippen molar-refractivity contribution in [3.8, 4) is 0 Å². The Bertz CT molecular complexity index is 319. The lowest BCUT2D eigenvalue weighted by Crippen LogP contribution is -2.24. The lowest BCUT2D eigenvalue weighted by Gasteiger charge is -2.16. The second kappa shape index (κ2) is 13.0. The summed E-state index contributed by atoms with van der Waals surface area (Å²) in [5.41, 5.74) is 0.533. The topological polar surface area (TPSA) is 46.5 Å². The molecule has 1 N–H and O–H groups in total. The van der Waals surface area contributed by atoms with Gasteiger partial charge in [-0.05, 0) is 19.8 Å². The number of hydrogen-bond donors (Lipinski definition) is 2. The zero-order valence-corrected chi connectivity index (χ0v) is 15.5. The molecule has 0 fully saturated rings. The number of aliphatic hydroxyl groups is 1. The van der Waals surface area contributed by atoms with Crippen LogP contribution in [0.15, 0.2) is 11.6 Å². The summed E-state index contributed by atoms with van der Waals surface area (Å²) in [5, 5.41) is 7.59. The van der Waals surface area contributed by atoms with Crippen LogP contribution in [0, 0.1) is 0 Å². The third kappa shape index (κ3) is 14.5. The Hall–Kier alpha value is -0.480. The molecule has 0 radical (unpaired) electrons. The maximum Gasteiger partial charge on any atom is 0.336 e. The number of unbranched alkanes of at least 4 members (excludes halogenated alkanes) is 10. The van der Waals surface area contributed by atoms with Crippen LogP contribution < -0.4 is 0 Å². The highest BCUT2D eigenvalue weighted by Crippen LogP contribution is 2.15. The minimum atomic E-state index is -1.71. The smallest absolute Gasteiger partial charge is 0.336 e. The Morgan fingerprint density at radius 2 is 1.50 bits per heavy atom. The molecule has 0 heterocycles. The van der Waals surface area contributed by atoms with Gasteiger partial charge < -0.3 is 9.84 Å². The predicted molar refractivity (Wildman–Crippen MR) is 95.9 cm³/mol. The molecule has 0 saturated carbocycles. The van der Waals surface area contributed by atoms with Gasteiger partial charge in [-0.1, -0.05) is 70.8 Å². The molecule has 1 atom stereocenters. The van der Waals surface area contributed by atoms with Crippen molar-refractivity contribution < 1.29 is 14.6 Å². The summed E-state index contributed by atoms with van der Waals surface area (Å²) >= 11 is 3.76. The van der Waals surface area contributed by atoms with Crippen LogP contribution in [0.1, 0.15) is 91.4 Å². The molecular weight excluding hydrogens is 296 g/mol. The minimum Gasteiger partial charge on any atom is -0.421 e. The van der Waals surface area contributed by atoms with Crippen LogP contribution >= 0.6 is 12.6 Å². The first-order valence-corrected chi connectivity index (χ1v) is 9.16. The van der Waals surface area contributed by atoms with Crippen molar-refractivity contribution in [3.05, 3.63) is 11.6 Å². The maximum atomic E-state index is 11.6. The van der Waals surface area contributed by atoms with E-state index in [0.29, 0.717) is 5.57 Å². The van der Waals surface area contributed by atoms with E-state index in [9.17, 15) is 9.90 Å². The molecule has 4 heteroatoms. The quantitative estimate of drug-likeness (QED) is 0.157. The molecule has 3 nitrogen and oxygen atoms in total. The molecule has 0 aliphatic heterocycles. The third-order valence-electron chi connectivity index (χ3n) is 3.62. The van der Waals surface area contributed by atoms with E-state index in [-0.39, 0.29) is 0 Å². The van der Waals surface area contributed by atoms with E-state index in [0.717, 1.165) is 12.8 Å². The van der Waals surface area contributed by atoms with E-state index in [2.05, 4.69) is 19.6 Å². The van der Waals surface area contributed by atoms with Gasteiger partial charge in [0.2, 0.25) is 0 Å². The van der Waals surface area contributed by atoms with Gasteiger partial charge in [0.1, 0.15) is 0 Å². The van der Waals surface area contributed by atoms with E-state index in [4.69, 9.17) is 4.74 Å². The van der Waals surface area contributed by atoms with Crippen LogP contribution in [-0.2, 0) is 9.53 Å². The van der Waals surface area contributed by atoms with Gasteiger partial charge in [0, 0.05) is 12.5 Å². The molecule has 22 heavy (non-hydrogen) atoms. The Labute approximate surface area is 141 Å². The number of ether oxygens (including phenoxy) is 1. The van der Waals surface area contributed by atoms with Crippen molar-refractivity contribution in [3.63, 3.8) is 0 Å². The van der Waals surface area contributed by atoms with E-state index in [1.807, 2.05) is 6.08 Å². The average Bonchev–Trinajstić information content (AvgIpc) is 2.42. The standard InChI is InChI=1S/C18H34O3S/c1-4-5-6-7-8-9-10-11-12-13-14-15-16(2)17(19)21-18(3,20)22/h15,20,22H,4-14H2,1-3H3/b16-15+. The molecule has 0 aromatic heterocycles. The number of esters is 1. The number of rotatable bonds is 13. The van der Waals surface area contributed by atoms with Gasteiger partial charge in [0.25, 0.3) is 5.12 Å². The molecule has 0 aliphatic rings. The molecule has 130 valence electrons. The normalized spacial score (nSPS) is 14.7. The van der Waals surface area contributed by atoms with Crippen LogP contribution in [0.25, 0.3) is 0 Å². The van der Waals surface area contributed by atoms with Gasteiger partial charge in [-0.2, -0.15) is 0 Å². The molecule has 0 aromatic carbocycles. The first-order valence-electron chi connectivity index (χ1n) is 8.71. The summed E-state index contributed by atoms with van der Waals surface area (Å²) in [4.78, 5) is 11.6. The molecule has 0 spiro atoms. The Morgan fingerprint density at radius 3 is 1.95 bits per heavy atom. The van der Waals surface area contributed by atoms with Crippen molar-refractivity contribution in [1.82, 2.24) is 0 Å². The van der Waals surface area contributed by atoms with Crippen molar-refractivity contribution in [2.24, 2.45) is 0 Å². The second-order valence-electron chi connectivity index (χ2n) is 6.18. The molecular formula is C18H34O3S. The van der Waals surface area contributed by atoms with Crippen LogP contribution in [0.2, 0.25) is 0 Å². The van der Waals surface area contributed by atoms with Crippen molar-refractivity contribution >= 4 is 18.6 Å². The van der Waals surface area contributed by atoms with Crippen molar-refractivity contribution in [2.45, 2.75) is 96.5 Å². The molecule has 0 aromatic rings. The third-order valence-corrected chi connectivity index (χ3v) is 3.71. The fourth-order valence-electron chi connectivity index (χ4n) is 2.29. The monoisotopic (exact) mass is 330 g/mol. The second-order valence-corrected chi connectivity index (χ2v) is 7.01. The lowest BCUT2D eigenvalue weighted by molar-refractivity contribution is -0.167. The number of hydrogen-bond acceptors (Lipinski definition) is 4. The van der Waals surface area contributed by atoms with E-state index >= 15 is 0 Å². The fourth-order valence-corrected chi connectivity index (χ4v) is 2.37. The Kier molecular flexibility index (Phi) is 12.7. The zero-order chi connectivity index (χ0) is 16.8. The SMILES string of the molecule is CCCCCCCCCCCC/C=C(\C)C(=O)OC(C)(O)S. The number of carbonyl (C=O) groups excluding carboxylic acids is 1. The van der Waals surface area contributed by atoms with Gasteiger partial charge >= 0.3 is 5.97 Å². The predicted octanol–water partition coefficient (Wildman–Crippen LogP) is 5.38. The van der Waals surface area contributed by atoms with Crippen molar-refractivity contribution in [2.75, 3.05) is 0 Å². The molecule has 0 bridgehead atoms. The largest absolute Gasteiger partial charge is 0.421 e. The lowest BCUT2D eigenvalue weighted by atomic mass is 10.1. The molecule has 0 rings (SSSR count). The summed E-state index contributed by atoms with van der Waals surface area (Å²) in [7, 11) is 0. The number of allylic oxidation sites excluding steroid dienone is 1. The van der Waals surface area contributed by atoms with Crippen molar-refractivity contribution in [1.29, 1.82) is 0 Å². The highest BCUT2D eigenvalue weighted by molar-refractivity contribution is 7.81. The summed E-state index contributed by atoms with van der Waals surface area (Å²) in [6, 6.07) is 0. The Balaban J connectivity index is 3.51. The van der Waals surface area contributed by atoms with Crippen LogP contribution in [-0.4, -0.2) is 16.2 Å². The highest BCUT2D eigenvalue weighted by atomic mass is 32.1. The van der Waals surface area contributed by atoms with Gasteiger partial charge in [0.05, 0.1) is 0 Å². The first kappa shape index (κ1) is 21.5. The maximum absolute atomic E-state index is 11.6. The molecule has 0 amide bonds. The van der Waals surface area contributed by atoms with E-state index in [1.165, 1.54) is 64.7 Å². The molecule has 0 aliphatic carbocycles. The highest BCUT2D eigenvalue weighted by Gasteiger charge is 2.20. The molecule has 0 saturated heterocycles. The van der Waals surface area contributed by atoms with E-state index < -0.39 is 11.1 Å². The van der Waals surface area contributed by atoms with Gasteiger partial charge in [-0.3, -0.25) is 0 Å². The summed E-state index contributed by atoms with van der Waals surface area (Å²) in [6.07, 6.45) is 15.8. The van der Waals surface area contributed by atoms with Gasteiger partial charge in [-0.15, -0.1) is 12.6 Å².